The number of alkyl halides is 1. The number of fused-ring (bicyclic) bond motifs is 1. The van der Waals surface area contributed by atoms with Crippen LogP contribution >= 0.6 is 15.9 Å². The predicted molar refractivity (Wildman–Crippen MR) is 58.4 cm³/mol. The number of rotatable bonds is 0. The van der Waals surface area contributed by atoms with Crippen molar-refractivity contribution >= 4 is 21.7 Å². The summed E-state index contributed by atoms with van der Waals surface area (Å²) >= 11 is 3.27. The topological polar surface area (TPSA) is 17.1 Å². The Balaban J connectivity index is 0.000000461. The smallest absolute Gasteiger partial charge is 0.197 e. The lowest BCUT2D eigenvalue weighted by molar-refractivity contribution is 0.0899. The lowest BCUT2D eigenvalue weighted by atomic mass is 10.1. The molecular formula is C11H12BrFO. The Morgan fingerprint density at radius 3 is 2.71 bits per heavy atom. The second-order valence-corrected chi connectivity index (χ2v) is 3.75. The van der Waals surface area contributed by atoms with E-state index in [9.17, 15) is 9.18 Å². The average Bonchev–Trinajstić information content (AvgIpc) is 2.45. The van der Waals surface area contributed by atoms with E-state index in [4.69, 9.17) is 0 Å². The summed E-state index contributed by atoms with van der Waals surface area (Å²) in [7, 11) is 0. The highest BCUT2D eigenvalue weighted by Gasteiger charge is 2.29. The van der Waals surface area contributed by atoms with E-state index >= 15 is 0 Å². The fraction of sp³-hybridized carbons (Fsp3) is 0.364. The second-order valence-electron chi connectivity index (χ2n) is 2.84. The van der Waals surface area contributed by atoms with Gasteiger partial charge in [0.1, 0.15) is 0 Å². The molecule has 1 nitrogen and oxygen atoms in total. The van der Waals surface area contributed by atoms with Crippen LogP contribution in [-0.4, -0.2) is 12.0 Å². The minimum Gasteiger partial charge on any atom is -0.291 e. The average molecular weight is 259 g/mol. The second kappa shape index (κ2) is 4.69. The zero-order valence-corrected chi connectivity index (χ0v) is 9.77. The Kier molecular flexibility index (Phi) is 3.81. The molecule has 1 aliphatic rings. The van der Waals surface area contributed by atoms with Crippen LogP contribution < -0.4 is 0 Å². The Bertz CT molecular complexity index is 349. The number of carbonyl (C=O) groups is 1. The summed E-state index contributed by atoms with van der Waals surface area (Å²) in [4.78, 5) is 11.1. The lowest BCUT2D eigenvalue weighted by Gasteiger charge is -1.95. The minimum absolute atomic E-state index is 0.230. The van der Waals surface area contributed by atoms with E-state index < -0.39 is 6.17 Å². The number of carbonyl (C=O) groups excluding carboxylic acids is 1. The first kappa shape index (κ1) is 11.4. The molecule has 0 spiro atoms. The van der Waals surface area contributed by atoms with E-state index in [0.29, 0.717) is 5.56 Å². The number of halogens is 2. The molecular weight excluding hydrogens is 247 g/mol. The van der Waals surface area contributed by atoms with Gasteiger partial charge >= 0.3 is 0 Å². The van der Waals surface area contributed by atoms with Crippen molar-refractivity contribution < 1.29 is 9.18 Å². The van der Waals surface area contributed by atoms with Gasteiger partial charge in [-0.2, -0.15) is 0 Å². The molecule has 0 aromatic heterocycles. The van der Waals surface area contributed by atoms with Crippen molar-refractivity contribution in [2.24, 2.45) is 0 Å². The van der Waals surface area contributed by atoms with Crippen molar-refractivity contribution in [3.05, 3.63) is 33.8 Å². The minimum atomic E-state index is -1.32. The Morgan fingerprint density at radius 2 is 2.07 bits per heavy atom. The summed E-state index contributed by atoms with van der Waals surface area (Å²) in [6.07, 6.45) is -1.09. The molecule has 0 radical (unpaired) electrons. The maximum absolute atomic E-state index is 12.9. The molecule has 76 valence electrons. The van der Waals surface area contributed by atoms with Gasteiger partial charge in [0, 0.05) is 16.5 Å². The summed E-state index contributed by atoms with van der Waals surface area (Å²) < 4.78 is 13.8. The number of hydrogen-bond acceptors (Lipinski definition) is 1. The van der Waals surface area contributed by atoms with Crippen LogP contribution in [-0.2, 0) is 6.42 Å². The third-order valence-electron chi connectivity index (χ3n) is 2.02. The summed E-state index contributed by atoms with van der Waals surface area (Å²) in [5.74, 6) is -0.377. The molecule has 14 heavy (non-hydrogen) atoms. The number of hydrogen-bond donors (Lipinski definition) is 0. The Labute approximate surface area is 91.5 Å². The molecule has 1 aromatic carbocycles. The number of Topliss-reactive ketones (excluding diaryl/α,β-unsaturated/α-hetero) is 1. The fourth-order valence-corrected chi connectivity index (χ4v) is 1.83. The van der Waals surface area contributed by atoms with Gasteiger partial charge in [-0.25, -0.2) is 4.39 Å². The van der Waals surface area contributed by atoms with E-state index in [1.807, 2.05) is 13.8 Å². The first-order chi connectivity index (χ1) is 6.68. The van der Waals surface area contributed by atoms with Crippen LogP contribution in [0.2, 0.25) is 0 Å². The summed E-state index contributed by atoms with van der Waals surface area (Å²) in [5.41, 5.74) is 1.34. The Hall–Kier alpha value is -0.700. The molecule has 2 rings (SSSR count). The van der Waals surface area contributed by atoms with Gasteiger partial charge in [-0.15, -0.1) is 0 Å². The lowest BCUT2D eigenvalue weighted by Crippen LogP contribution is -2.07. The fourth-order valence-electron chi connectivity index (χ4n) is 1.43. The molecule has 3 heteroatoms. The first-order valence-electron chi connectivity index (χ1n) is 4.65. The molecule has 0 N–H and O–H groups in total. The van der Waals surface area contributed by atoms with Crippen molar-refractivity contribution in [1.82, 2.24) is 0 Å². The summed E-state index contributed by atoms with van der Waals surface area (Å²) in [6.45, 7) is 4.00. The molecule has 0 fully saturated rings. The highest BCUT2D eigenvalue weighted by atomic mass is 79.9. The van der Waals surface area contributed by atoms with Crippen LogP contribution in [0.1, 0.15) is 29.8 Å². The van der Waals surface area contributed by atoms with Gasteiger partial charge in [-0.05, 0) is 23.8 Å². The molecule has 1 aromatic rings. The molecule has 0 saturated heterocycles. The van der Waals surface area contributed by atoms with Crippen molar-refractivity contribution in [2.45, 2.75) is 26.4 Å². The van der Waals surface area contributed by atoms with Crippen LogP contribution in [0.15, 0.2) is 22.7 Å². The summed E-state index contributed by atoms with van der Waals surface area (Å²) in [6, 6.07) is 5.23. The molecule has 0 bridgehead atoms. The van der Waals surface area contributed by atoms with Gasteiger partial charge in [-0.3, -0.25) is 4.79 Å². The molecule has 0 amide bonds. The third-order valence-corrected chi connectivity index (χ3v) is 2.51. The normalized spacial score (nSPS) is 18.6. The van der Waals surface area contributed by atoms with E-state index in [-0.39, 0.29) is 12.2 Å². The van der Waals surface area contributed by atoms with Gasteiger partial charge < -0.3 is 0 Å². The van der Waals surface area contributed by atoms with E-state index in [1.54, 1.807) is 18.2 Å². The highest BCUT2D eigenvalue weighted by molar-refractivity contribution is 9.10. The van der Waals surface area contributed by atoms with Gasteiger partial charge in [0.25, 0.3) is 0 Å². The van der Waals surface area contributed by atoms with Gasteiger partial charge in [0.2, 0.25) is 0 Å². The quantitative estimate of drug-likeness (QED) is 0.696. The molecule has 0 heterocycles. The summed E-state index contributed by atoms with van der Waals surface area (Å²) in [5, 5.41) is 0. The van der Waals surface area contributed by atoms with Crippen molar-refractivity contribution in [1.29, 1.82) is 0 Å². The van der Waals surface area contributed by atoms with E-state index in [1.165, 1.54) is 0 Å². The zero-order valence-electron chi connectivity index (χ0n) is 8.18. The molecule has 1 aliphatic carbocycles. The van der Waals surface area contributed by atoms with Crippen LogP contribution in [0.5, 0.6) is 0 Å². The standard InChI is InChI=1S/C9H6BrFO.C2H6/c10-6-1-2-7-5(3-6)4-8(11)9(7)12;1-2/h1-3,8H,4H2;1-2H3. The van der Waals surface area contributed by atoms with Crippen molar-refractivity contribution in [3.8, 4) is 0 Å². The van der Waals surface area contributed by atoms with Crippen LogP contribution in [0.3, 0.4) is 0 Å². The SMILES string of the molecule is CC.O=C1c2ccc(Br)cc2CC1F. The maximum Gasteiger partial charge on any atom is 0.197 e. The number of benzene rings is 1. The largest absolute Gasteiger partial charge is 0.291 e. The number of ketones is 1. The molecule has 1 unspecified atom stereocenters. The molecule has 1 atom stereocenters. The highest BCUT2D eigenvalue weighted by Crippen LogP contribution is 2.26. The van der Waals surface area contributed by atoms with Crippen molar-refractivity contribution in [3.63, 3.8) is 0 Å². The van der Waals surface area contributed by atoms with Crippen LogP contribution in [0.4, 0.5) is 4.39 Å². The van der Waals surface area contributed by atoms with E-state index in [0.717, 1.165) is 10.0 Å². The maximum atomic E-state index is 12.9. The first-order valence-corrected chi connectivity index (χ1v) is 5.44. The molecule has 0 saturated carbocycles. The third kappa shape index (κ3) is 2.03. The van der Waals surface area contributed by atoms with Crippen molar-refractivity contribution in [2.75, 3.05) is 0 Å². The predicted octanol–water partition coefficient (Wildman–Crippen LogP) is 3.55. The Morgan fingerprint density at radius 1 is 1.43 bits per heavy atom. The van der Waals surface area contributed by atoms with Crippen LogP contribution in [0.25, 0.3) is 0 Å². The van der Waals surface area contributed by atoms with Crippen LogP contribution in [0, 0.1) is 0 Å². The van der Waals surface area contributed by atoms with E-state index in [2.05, 4.69) is 15.9 Å². The van der Waals surface area contributed by atoms with Gasteiger partial charge in [0.15, 0.2) is 12.0 Å². The zero-order chi connectivity index (χ0) is 10.7. The monoisotopic (exact) mass is 258 g/mol. The molecule has 0 aliphatic heterocycles. The van der Waals surface area contributed by atoms with Gasteiger partial charge in [-0.1, -0.05) is 29.8 Å². The van der Waals surface area contributed by atoms with Gasteiger partial charge in [0.05, 0.1) is 0 Å².